The van der Waals surface area contributed by atoms with Crippen molar-refractivity contribution in [2.24, 2.45) is 0 Å². The van der Waals surface area contributed by atoms with Crippen LogP contribution in [0, 0.1) is 0 Å². The molecule has 0 fully saturated rings. The fourth-order valence-corrected chi connectivity index (χ4v) is 4.06. The number of nitrogens with one attached hydrogen (secondary N) is 3. The van der Waals surface area contributed by atoms with Crippen molar-refractivity contribution >= 4 is 34.8 Å². The topological polar surface area (TPSA) is 90.5 Å². The van der Waals surface area contributed by atoms with Crippen molar-refractivity contribution in [1.82, 2.24) is 5.32 Å². The Morgan fingerprint density at radius 3 is 2.26 bits per heavy atom. The molecule has 1 aliphatic rings. The van der Waals surface area contributed by atoms with Gasteiger partial charge in [-0.15, -0.1) is 0 Å². The first-order chi connectivity index (χ1) is 16.5. The van der Waals surface area contributed by atoms with E-state index in [-0.39, 0.29) is 5.91 Å². The average Bonchev–Trinajstić information content (AvgIpc) is 2.84. The lowest BCUT2D eigenvalue weighted by atomic mass is 9.99. The summed E-state index contributed by atoms with van der Waals surface area (Å²) in [6, 6.07) is 23.6. The number of hydrogen-bond acceptors (Lipinski definition) is 4. The predicted octanol–water partition coefficient (Wildman–Crippen LogP) is 3.51. The van der Waals surface area contributed by atoms with Gasteiger partial charge in [0.1, 0.15) is 0 Å². The van der Waals surface area contributed by atoms with E-state index >= 15 is 0 Å². The largest absolute Gasteiger partial charge is 0.367 e. The van der Waals surface area contributed by atoms with Crippen LogP contribution in [0.4, 0.5) is 17.1 Å². The maximum Gasteiger partial charge on any atom is 0.313 e. The van der Waals surface area contributed by atoms with Gasteiger partial charge in [0.15, 0.2) is 0 Å². The van der Waals surface area contributed by atoms with Gasteiger partial charge in [0.2, 0.25) is 5.91 Å². The Morgan fingerprint density at radius 2 is 1.53 bits per heavy atom. The number of benzene rings is 3. The Labute approximate surface area is 199 Å². The van der Waals surface area contributed by atoms with Crippen LogP contribution >= 0.6 is 0 Å². The van der Waals surface area contributed by atoms with Crippen LogP contribution in [0.15, 0.2) is 72.8 Å². The van der Waals surface area contributed by atoms with E-state index in [0.717, 1.165) is 25.1 Å². The summed E-state index contributed by atoms with van der Waals surface area (Å²) in [6.07, 6.45) is 1.67. The van der Waals surface area contributed by atoms with E-state index in [1.807, 2.05) is 0 Å². The van der Waals surface area contributed by atoms with E-state index in [1.54, 1.807) is 24.3 Å². The van der Waals surface area contributed by atoms with Crippen LogP contribution in [0.5, 0.6) is 0 Å². The van der Waals surface area contributed by atoms with Crippen LogP contribution in [0.1, 0.15) is 23.6 Å². The fourth-order valence-electron chi connectivity index (χ4n) is 4.06. The summed E-state index contributed by atoms with van der Waals surface area (Å²) >= 11 is 0. The molecule has 0 saturated carbocycles. The highest BCUT2D eigenvalue weighted by Crippen LogP contribution is 2.24. The summed E-state index contributed by atoms with van der Waals surface area (Å²) in [5.41, 5.74) is 6.05. The molecule has 0 bridgehead atoms. The molecule has 1 aliphatic heterocycles. The molecular formula is C27H28N4O3. The zero-order valence-electron chi connectivity index (χ0n) is 19.1. The van der Waals surface area contributed by atoms with E-state index in [0.29, 0.717) is 24.3 Å². The van der Waals surface area contributed by atoms with Gasteiger partial charge in [0.05, 0.1) is 0 Å². The quantitative estimate of drug-likeness (QED) is 0.495. The van der Waals surface area contributed by atoms with Crippen LogP contribution in [-0.4, -0.2) is 30.8 Å². The van der Waals surface area contributed by atoms with Crippen LogP contribution in [0.3, 0.4) is 0 Å². The minimum atomic E-state index is -0.749. The molecule has 1 heterocycles. The molecular weight excluding hydrogens is 428 g/mol. The van der Waals surface area contributed by atoms with Crippen molar-refractivity contribution in [2.75, 3.05) is 28.6 Å². The highest BCUT2D eigenvalue weighted by molar-refractivity contribution is 6.39. The summed E-state index contributed by atoms with van der Waals surface area (Å²) in [6.45, 7) is 3.66. The van der Waals surface area contributed by atoms with Crippen molar-refractivity contribution in [3.8, 4) is 0 Å². The number of amides is 3. The first-order valence-electron chi connectivity index (χ1n) is 11.4. The van der Waals surface area contributed by atoms with Crippen LogP contribution in [-0.2, 0) is 33.8 Å². The monoisotopic (exact) mass is 456 g/mol. The second kappa shape index (κ2) is 10.7. The van der Waals surface area contributed by atoms with E-state index in [2.05, 4.69) is 69.4 Å². The van der Waals surface area contributed by atoms with Crippen molar-refractivity contribution in [1.29, 1.82) is 0 Å². The third-order valence-electron chi connectivity index (χ3n) is 5.78. The molecule has 7 nitrogen and oxygen atoms in total. The second-order valence-corrected chi connectivity index (χ2v) is 8.33. The van der Waals surface area contributed by atoms with Crippen LogP contribution in [0.25, 0.3) is 0 Å². The summed E-state index contributed by atoms with van der Waals surface area (Å²) in [4.78, 5) is 37.9. The normalized spacial score (nSPS) is 12.4. The summed E-state index contributed by atoms with van der Waals surface area (Å²) < 4.78 is 0. The Balaban J connectivity index is 1.24. The molecule has 4 rings (SSSR count). The minimum Gasteiger partial charge on any atom is -0.367 e. The molecule has 0 aliphatic carbocycles. The van der Waals surface area contributed by atoms with E-state index < -0.39 is 11.8 Å². The van der Waals surface area contributed by atoms with Gasteiger partial charge >= 0.3 is 11.8 Å². The third-order valence-corrected chi connectivity index (χ3v) is 5.78. The summed E-state index contributed by atoms with van der Waals surface area (Å²) in [5, 5.41) is 7.84. The van der Waals surface area contributed by atoms with Crippen LogP contribution in [0.2, 0.25) is 0 Å². The molecule has 0 spiro atoms. The van der Waals surface area contributed by atoms with Gasteiger partial charge in [-0.2, -0.15) is 0 Å². The molecule has 3 N–H and O–H groups in total. The number of carbonyl (C=O) groups is 3. The van der Waals surface area contributed by atoms with Gasteiger partial charge in [-0.3, -0.25) is 14.4 Å². The lowest BCUT2D eigenvalue weighted by Gasteiger charge is -2.30. The molecule has 3 amide bonds. The first-order valence-corrected chi connectivity index (χ1v) is 11.4. The summed E-state index contributed by atoms with van der Waals surface area (Å²) in [7, 11) is 0. The standard InChI is InChI=1S/C27H28N4O3/c1-19(32)29-23-7-4-8-24(17-23)30-27(34)26(33)28-15-13-20-9-11-25(12-10-20)31-16-14-21-5-2-3-6-22(21)18-31/h2-12,17H,13-16,18H2,1H3,(H,28,33)(H,29,32)(H,30,34). The second-order valence-electron chi connectivity index (χ2n) is 8.33. The SMILES string of the molecule is CC(=O)Nc1cccc(NC(=O)C(=O)NCCc2ccc(N3CCc4ccccc4C3)cc2)c1. The predicted molar refractivity (Wildman–Crippen MR) is 134 cm³/mol. The van der Waals surface area contributed by atoms with Gasteiger partial charge in [-0.05, 0) is 59.9 Å². The smallest absolute Gasteiger partial charge is 0.313 e. The zero-order valence-corrected chi connectivity index (χ0v) is 19.1. The van der Waals surface area contributed by atoms with Gasteiger partial charge in [0, 0.05) is 43.6 Å². The summed E-state index contributed by atoms with van der Waals surface area (Å²) in [5.74, 6) is -1.66. The number of carbonyl (C=O) groups excluding carboxylic acids is 3. The molecule has 0 aromatic heterocycles. The Morgan fingerprint density at radius 1 is 0.824 bits per heavy atom. The van der Waals surface area contributed by atoms with E-state index in [1.165, 1.54) is 23.7 Å². The molecule has 0 radical (unpaired) electrons. The fraction of sp³-hybridized carbons (Fsp3) is 0.222. The Hall–Kier alpha value is -4.13. The molecule has 3 aromatic rings. The number of hydrogen-bond donors (Lipinski definition) is 3. The Kier molecular flexibility index (Phi) is 7.22. The van der Waals surface area contributed by atoms with Gasteiger partial charge < -0.3 is 20.9 Å². The van der Waals surface area contributed by atoms with Crippen molar-refractivity contribution in [3.05, 3.63) is 89.5 Å². The van der Waals surface area contributed by atoms with Crippen molar-refractivity contribution < 1.29 is 14.4 Å². The maximum atomic E-state index is 12.2. The lowest BCUT2D eigenvalue weighted by molar-refractivity contribution is -0.136. The lowest BCUT2D eigenvalue weighted by Crippen LogP contribution is -2.36. The molecule has 34 heavy (non-hydrogen) atoms. The molecule has 7 heteroatoms. The zero-order chi connectivity index (χ0) is 23.9. The molecule has 0 unspecified atom stereocenters. The van der Waals surface area contributed by atoms with E-state index in [4.69, 9.17) is 0 Å². The average molecular weight is 457 g/mol. The van der Waals surface area contributed by atoms with Crippen molar-refractivity contribution in [2.45, 2.75) is 26.3 Å². The van der Waals surface area contributed by atoms with Crippen LogP contribution < -0.4 is 20.9 Å². The van der Waals surface area contributed by atoms with E-state index in [9.17, 15) is 14.4 Å². The molecule has 0 saturated heterocycles. The van der Waals surface area contributed by atoms with Gasteiger partial charge in [-0.25, -0.2) is 0 Å². The number of fused-ring (bicyclic) bond motifs is 1. The third kappa shape index (κ3) is 6.01. The maximum absolute atomic E-state index is 12.2. The highest BCUT2D eigenvalue weighted by Gasteiger charge is 2.16. The van der Waals surface area contributed by atoms with Crippen molar-refractivity contribution in [3.63, 3.8) is 0 Å². The minimum absolute atomic E-state index is 0.212. The first kappa shape index (κ1) is 23.0. The van der Waals surface area contributed by atoms with Gasteiger partial charge in [-0.1, -0.05) is 42.5 Å². The number of rotatable bonds is 6. The number of anilines is 3. The molecule has 0 atom stereocenters. The van der Waals surface area contributed by atoms with Gasteiger partial charge in [0.25, 0.3) is 0 Å². The number of nitrogens with zero attached hydrogens (tertiary/aromatic N) is 1. The highest BCUT2D eigenvalue weighted by atomic mass is 16.2. The molecule has 3 aromatic carbocycles. The Bertz CT molecular complexity index is 1190. The molecule has 174 valence electrons.